The first-order chi connectivity index (χ1) is 16.4. The van der Waals surface area contributed by atoms with E-state index in [2.05, 4.69) is 22.3 Å². The van der Waals surface area contributed by atoms with Crippen molar-refractivity contribution in [3.05, 3.63) is 59.7 Å². The second kappa shape index (κ2) is 9.75. The zero-order valence-electron chi connectivity index (χ0n) is 18.4. The van der Waals surface area contributed by atoms with Crippen LogP contribution >= 0.6 is 0 Å². The van der Waals surface area contributed by atoms with E-state index in [9.17, 15) is 18.4 Å². The molecule has 34 heavy (non-hydrogen) atoms. The number of primary amides is 1. The van der Waals surface area contributed by atoms with E-state index in [1.54, 1.807) is 35.9 Å². The molecule has 1 aromatic heterocycles. The number of fused-ring (bicyclic) bond motifs is 1. The maximum atomic E-state index is 13.9. The van der Waals surface area contributed by atoms with Crippen molar-refractivity contribution < 1.29 is 23.1 Å². The summed E-state index contributed by atoms with van der Waals surface area (Å²) in [7, 11) is 0. The molecule has 1 unspecified atom stereocenters. The number of amides is 1. The van der Waals surface area contributed by atoms with Crippen molar-refractivity contribution in [2.75, 3.05) is 11.9 Å². The summed E-state index contributed by atoms with van der Waals surface area (Å²) in [5.74, 6) is 3.58. The third kappa shape index (κ3) is 4.76. The van der Waals surface area contributed by atoms with Gasteiger partial charge in [0.25, 0.3) is 5.91 Å². The number of hydrogen-bond donors (Lipinski definition) is 2. The standard InChI is InChI=1S/C25H22F2N4O3/c1-2-3-18(32)8-7-17-12-13-29-25-22(24(28)33)23(30-31(17)25)15-4-9-19(10-5-15)34-21-11-6-16(26)14-20(21)27/h4-6,9-11,14,17,29H,7-8,12-13H2,1H3,(H2,28,33). The SMILES string of the molecule is CC#CC(=O)CCC1CCNc2c(C(N)=O)c(-c3ccc(Oc4ccc(F)cc4F)cc3)nn21. The van der Waals surface area contributed by atoms with E-state index in [0.29, 0.717) is 35.8 Å². The third-order valence-corrected chi connectivity index (χ3v) is 5.49. The molecule has 0 bridgehead atoms. The average Bonchev–Trinajstić information content (AvgIpc) is 3.21. The van der Waals surface area contributed by atoms with Crippen LogP contribution < -0.4 is 15.8 Å². The van der Waals surface area contributed by atoms with E-state index in [1.165, 1.54) is 6.07 Å². The minimum Gasteiger partial charge on any atom is -0.454 e. The fourth-order valence-corrected chi connectivity index (χ4v) is 3.92. The zero-order valence-corrected chi connectivity index (χ0v) is 18.4. The number of benzene rings is 2. The van der Waals surface area contributed by atoms with Gasteiger partial charge in [0.2, 0.25) is 5.78 Å². The Bertz CT molecular complexity index is 1310. The van der Waals surface area contributed by atoms with Crippen LogP contribution in [0.15, 0.2) is 42.5 Å². The van der Waals surface area contributed by atoms with Gasteiger partial charge in [0.05, 0.1) is 6.04 Å². The van der Waals surface area contributed by atoms with Crippen LogP contribution in [-0.4, -0.2) is 28.0 Å². The second-order valence-electron chi connectivity index (χ2n) is 7.79. The molecule has 4 rings (SSSR count). The highest BCUT2D eigenvalue weighted by molar-refractivity contribution is 6.04. The lowest BCUT2D eigenvalue weighted by atomic mass is 10.0. The smallest absolute Gasteiger partial charge is 0.254 e. The molecular weight excluding hydrogens is 442 g/mol. The molecule has 0 aliphatic carbocycles. The summed E-state index contributed by atoms with van der Waals surface area (Å²) in [6.07, 6.45) is 1.56. The lowest BCUT2D eigenvalue weighted by Crippen LogP contribution is -2.25. The number of nitrogens with two attached hydrogens (primary N) is 1. The molecular formula is C25H22F2N4O3. The number of carbonyl (C=O) groups is 2. The van der Waals surface area contributed by atoms with Crippen LogP contribution in [0.3, 0.4) is 0 Å². The lowest BCUT2D eigenvalue weighted by Gasteiger charge is -2.25. The van der Waals surface area contributed by atoms with Gasteiger partial charge in [-0.2, -0.15) is 5.10 Å². The minimum atomic E-state index is -0.817. The van der Waals surface area contributed by atoms with Crippen molar-refractivity contribution in [1.82, 2.24) is 9.78 Å². The maximum Gasteiger partial charge on any atom is 0.254 e. The van der Waals surface area contributed by atoms with Crippen molar-refractivity contribution in [3.8, 4) is 34.6 Å². The van der Waals surface area contributed by atoms with Crippen LogP contribution in [0.25, 0.3) is 11.3 Å². The summed E-state index contributed by atoms with van der Waals surface area (Å²) in [6.45, 7) is 2.23. The molecule has 1 atom stereocenters. The van der Waals surface area contributed by atoms with Crippen molar-refractivity contribution in [2.24, 2.45) is 5.73 Å². The monoisotopic (exact) mass is 464 g/mol. The summed E-state index contributed by atoms with van der Waals surface area (Å²) in [5, 5.41) is 7.84. The van der Waals surface area contributed by atoms with Gasteiger partial charge in [0, 0.05) is 24.6 Å². The Labute approximate surface area is 194 Å². The molecule has 0 saturated heterocycles. The van der Waals surface area contributed by atoms with Crippen molar-refractivity contribution in [1.29, 1.82) is 0 Å². The van der Waals surface area contributed by atoms with Crippen LogP contribution in [0.5, 0.6) is 11.5 Å². The molecule has 0 radical (unpaired) electrons. The highest BCUT2D eigenvalue weighted by Crippen LogP contribution is 2.36. The molecule has 1 amide bonds. The first-order valence-corrected chi connectivity index (χ1v) is 10.7. The number of aromatic nitrogens is 2. The number of hydrogen-bond acceptors (Lipinski definition) is 5. The van der Waals surface area contributed by atoms with E-state index in [4.69, 9.17) is 10.5 Å². The van der Waals surface area contributed by atoms with Crippen LogP contribution in [-0.2, 0) is 4.79 Å². The molecule has 0 spiro atoms. The minimum absolute atomic E-state index is 0.0882. The molecule has 2 heterocycles. The van der Waals surface area contributed by atoms with E-state index < -0.39 is 17.5 Å². The molecule has 3 N–H and O–H groups in total. The molecule has 7 nitrogen and oxygen atoms in total. The van der Waals surface area contributed by atoms with Gasteiger partial charge in [-0.05, 0) is 62.1 Å². The van der Waals surface area contributed by atoms with Gasteiger partial charge in [-0.3, -0.25) is 9.59 Å². The summed E-state index contributed by atoms with van der Waals surface area (Å²) in [4.78, 5) is 24.2. The zero-order chi connectivity index (χ0) is 24.2. The van der Waals surface area contributed by atoms with Gasteiger partial charge in [0.15, 0.2) is 11.6 Å². The largest absolute Gasteiger partial charge is 0.454 e. The Morgan fingerprint density at radius 1 is 1.24 bits per heavy atom. The Morgan fingerprint density at radius 3 is 2.68 bits per heavy atom. The molecule has 174 valence electrons. The molecule has 9 heteroatoms. The number of carbonyl (C=O) groups excluding carboxylic acids is 2. The highest BCUT2D eigenvalue weighted by atomic mass is 19.1. The van der Waals surface area contributed by atoms with E-state index in [1.807, 2.05) is 0 Å². The topological polar surface area (TPSA) is 99.2 Å². The summed E-state index contributed by atoms with van der Waals surface area (Å²) >= 11 is 0. The fourth-order valence-electron chi connectivity index (χ4n) is 3.92. The van der Waals surface area contributed by atoms with E-state index in [0.717, 1.165) is 18.6 Å². The number of ether oxygens (including phenoxy) is 1. The fraction of sp³-hybridized carbons (Fsp3) is 0.240. The van der Waals surface area contributed by atoms with Crippen molar-refractivity contribution in [3.63, 3.8) is 0 Å². The summed E-state index contributed by atoms with van der Waals surface area (Å²) in [5.41, 5.74) is 6.94. The van der Waals surface area contributed by atoms with E-state index >= 15 is 0 Å². The summed E-state index contributed by atoms with van der Waals surface area (Å²) < 4.78 is 34.2. The number of halogens is 2. The second-order valence-corrected chi connectivity index (χ2v) is 7.79. The third-order valence-electron chi connectivity index (χ3n) is 5.49. The number of Topliss-reactive ketones (excluding diaryl/α,β-unsaturated/α-hetero) is 1. The molecule has 0 saturated carbocycles. The van der Waals surface area contributed by atoms with Gasteiger partial charge < -0.3 is 15.8 Å². The van der Waals surface area contributed by atoms with Gasteiger partial charge in [-0.1, -0.05) is 5.92 Å². The molecule has 3 aromatic rings. The number of nitrogens with one attached hydrogen (secondary N) is 1. The normalized spacial score (nSPS) is 14.4. The average molecular weight is 464 g/mol. The number of nitrogens with zero attached hydrogens (tertiary/aromatic N) is 2. The van der Waals surface area contributed by atoms with Crippen molar-refractivity contribution in [2.45, 2.75) is 32.2 Å². The maximum absolute atomic E-state index is 13.9. The first-order valence-electron chi connectivity index (χ1n) is 10.7. The lowest BCUT2D eigenvalue weighted by molar-refractivity contribution is -0.114. The van der Waals surface area contributed by atoms with Crippen LogP contribution in [0.1, 0.15) is 42.6 Å². The molecule has 0 fully saturated rings. The van der Waals surface area contributed by atoms with Crippen LogP contribution in [0.2, 0.25) is 0 Å². The quantitative estimate of drug-likeness (QED) is 0.398. The predicted molar refractivity (Wildman–Crippen MR) is 122 cm³/mol. The highest BCUT2D eigenvalue weighted by Gasteiger charge is 2.29. The van der Waals surface area contributed by atoms with Gasteiger partial charge >= 0.3 is 0 Å². The van der Waals surface area contributed by atoms with Crippen molar-refractivity contribution >= 4 is 17.5 Å². The van der Waals surface area contributed by atoms with Gasteiger partial charge in [-0.25, -0.2) is 13.5 Å². The Morgan fingerprint density at radius 2 is 2.00 bits per heavy atom. The first kappa shape index (κ1) is 23.0. The van der Waals surface area contributed by atoms with Crippen LogP contribution in [0, 0.1) is 23.5 Å². The van der Waals surface area contributed by atoms with Gasteiger partial charge in [0.1, 0.15) is 28.6 Å². The van der Waals surface area contributed by atoms with Crippen LogP contribution in [0.4, 0.5) is 14.6 Å². The Hall–Kier alpha value is -4.19. The molecule has 2 aromatic carbocycles. The number of anilines is 1. The molecule has 1 aliphatic rings. The number of rotatable bonds is 7. The Balaban J connectivity index is 1.62. The number of ketones is 1. The predicted octanol–water partition coefficient (Wildman–Crippen LogP) is 4.45. The van der Waals surface area contributed by atoms with E-state index in [-0.39, 0.29) is 29.6 Å². The molecule has 1 aliphatic heterocycles. The summed E-state index contributed by atoms with van der Waals surface area (Å²) in [6, 6.07) is 9.49. The van der Waals surface area contributed by atoms with Gasteiger partial charge in [-0.15, -0.1) is 0 Å². The Kier molecular flexibility index (Phi) is 6.59.